The van der Waals surface area contributed by atoms with Crippen LogP contribution in [0.1, 0.15) is 29.8 Å². The minimum atomic E-state index is -0.319. The van der Waals surface area contributed by atoms with Gasteiger partial charge in [0.05, 0.1) is 18.0 Å². The van der Waals surface area contributed by atoms with Crippen LogP contribution in [0.2, 0.25) is 0 Å². The Morgan fingerprint density at radius 1 is 0.960 bits per heavy atom. The zero-order valence-electron chi connectivity index (χ0n) is 14.6. The maximum atomic E-state index is 12.4. The lowest BCUT2D eigenvalue weighted by Gasteiger charge is -2.14. The Hall–Kier alpha value is -2.86. The minimum absolute atomic E-state index is 0.0207. The molecular weight excluding hydrogens is 318 g/mol. The molecule has 0 heterocycles. The van der Waals surface area contributed by atoms with Crippen molar-refractivity contribution >= 4 is 23.3 Å². The molecule has 0 spiro atoms. The molecule has 0 aromatic heterocycles. The standard InChI is InChI=1S/C19H23N3O3/c1-13(2)20-19(24)22-17-7-5-4-6-16(17)21-18(23)15-10-8-14(9-11-15)12-25-3/h4-11,13H,12H2,1-3H3,(H,21,23)(H2,20,22,24). The van der Waals surface area contributed by atoms with Gasteiger partial charge in [0.25, 0.3) is 5.91 Å². The highest BCUT2D eigenvalue weighted by atomic mass is 16.5. The molecule has 3 amide bonds. The molecule has 2 aromatic carbocycles. The van der Waals surface area contributed by atoms with Crippen molar-refractivity contribution in [3.05, 3.63) is 59.7 Å². The fourth-order valence-electron chi connectivity index (χ4n) is 2.24. The maximum Gasteiger partial charge on any atom is 0.319 e. The molecule has 0 fully saturated rings. The molecule has 0 aliphatic heterocycles. The average Bonchev–Trinajstić information content (AvgIpc) is 2.57. The zero-order valence-corrected chi connectivity index (χ0v) is 14.6. The molecule has 0 saturated heterocycles. The second kappa shape index (κ2) is 8.84. The van der Waals surface area contributed by atoms with Gasteiger partial charge in [0, 0.05) is 18.7 Å². The van der Waals surface area contributed by atoms with Crippen molar-refractivity contribution in [1.82, 2.24) is 5.32 Å². The van der Waals surface area contributed by atoms with Crippen molar-refractivity contribution in [1.29, 1.82) is 0 Å². The normalized spacial score (nSPS) is 10.4. The predicted octanol–water partition coefficient (Wildman–Crippen LogP) is 3.62. The summed E-state index contributed by atoms with van der Waals surface area (Å²) in [5.41, 5.74) is 2.59. The van der Waals surface area contributed by atoms with Crippen LogP contribution in [-0.2, 0) is 11.3 Å². The van der Waals surface area contributed by atoms with E-state index in [9.17, 15) is 9.59 Å². The summed E-state index contributed by atoms with van der Waals surface area (Å²) in [5, 5.41) is 8.31. The Balaban J connectivity index is 2.09. The average molecular weight is 341 g/mol. The van der Waals surface area contributed by atoms with Crippen molar-refractivity contribution in [2.24, 2.45) is 0 Å². The summed E-state index contributed by atoms with van der Waals surface area (Å²) < 4.78 is 5.06. The van der Waals surface area contributed by atoms with Crippen LogP contribution >= 0.6 is 0 Å². The first kappa shape index (κ1) is 18.5. The monoisotopic (exact) mass is 341 g/mol. The van der Waals surface area contributed by atoms with Gasteiger partial charge in [0.1, 0.15) is 0 Å². The molecule has 132 valence electrons. The van der Waals surface area contributed by atoms with E-state index in [0.717, 1.165) is 5.56 Å². The van der Waals surface area contributed by atoms with Crippen LogP contribution < -0.4 is 16.0 Å². The Labute approximate surface area is 147 Å². The third-order valence-electron chi connectivity index (χ3n) is 3.37. The summed E-state index contributed by atoms with van der Waals surface area (Å²) in [7, 11) is 1.62. The number of nitrogens with one attached hydrogen (secondary N) is 3. The lowest BCUT2D eigenvalue weighted by atomic mass is 10.1. The van der Waals surface area contributed by atoms with Crippen LogP contribution in [0.3, 0.4) is 0 Å². The van der Waals surface area contributed by atoms with Gasteiger partial charge in [-0.3, -0.25) is 4.79 Å². The SMILES string of the molecule is COCc1ccc(C(=O)Nc2ccccc2NC(=O)NC(C)C)cc1. The molecule has 6 heteroatoms. The molecule has 6 nitrogen and oxygen atoms in total. The first-order valence-corrected chi connectivity index (χ1v) is 8.05. The molecule has 0 bridgehead atoms. The topological polar surface area (TPSA) is 79.5 Å². The van der Waals surface area contributed by atoms with E-state index in [2.05, 4.69) is 16.0 Å². The molecule has 2 rings (SSSR count). The molecule has 0 radical (unpaired) electrons. The number of anilines is 2. The van der Waals surface area contributed by atoms with Gasteiger partial charge < -0.3 is 20.7 Å². The van der Waals surface area contributed by atoms with Crippen molar-refractivity contribution in [2.45, 2.75) is 26.5 Å². The number of methoxy groups -OCH3 is 1. The van der Waals surface area contributed by atoms with E-state index >= 15 is 0 Å². The minimum Gasteiger partial charge on any atom is -0.380 e. The number of carbonyl (C=O) groups excluding carboxylic acids is 2. The smallest absolute Gasteiger partial charge is 0.319 e. The van der Waals surface area contributed by atoms with Crippen LogP contribution in [0.25, 0.3) is 0 Å². The zero-order chi connectivity index (χ0) is 18.2. The van der Waals surface area contributed by atoms with Gasteiger partial charge in [0.15, 0.2) is 0 Å². The molecule has 0 unspecified atom stereocenters. The molecule has 0 aliphatic carbocycles. The van der Waals surface area contributed by atoms with Crippen LogP contribution in [0.15, 0.2) is 48.5 Å². The van der Waals surface area contributed by atoms with Crippen LogP contribution in [0.5, 0.6) is 0 Å². The Morgan fingerprint density at radius 3 is 2.12 bits per heavy atom. The Kier molecular flexibility index (Phi) is 6.54. The number of hydrogen-bond acceptors (Lipinski definition) is 3. The summed E-state index contributed by atoms with van der Waals surface area (Å²) >= 11 is 0. The first-order valence-electron chi connectivity index (χ1n) is 8.05. The highest BCUT2D eigenvalue weighted by molar-refractivity contribution is 6.07. The number of carbonyl (C=O) groups is 2. The number of ether oxygens (including phenoxy) is 1. The summed E-state index contributed by atoms with van der Waals surface area (Å²) in [5.74, 6) is -0.248. The number of para-hydroxylation sites is 2. The third kappa shape index (κ3) is 5.61. The predicted molar refractivity (Wildman–Crippen MR) is 98.8 cm³/mol. The third-order valence-corrected chi connectivity index (χ3v) is 3.37. The fourth-order valence-corrected chi connectivity index (χ4v) is 2.24. The number of rotatable bonds is 6. The van der Waals surface area contributed by atoms with E-state index in [1.54, 1.807) is 43.5 Å². The summed E-state index contributed by atoms with van der Waals surface area (Å²) in [6, 6.07) is 13.9. The van der Waals surface area contributed by atoms with Crippen molar-refractivity contribution < 1.29 is 14.3 Å². The Morgan fingerprint density at radius 2 is 1.56 bits per heavy atom. The van der Waals surface area contributed by atoms with Crippen molar-refractivity contribution in [2.75, 3.05) is 17.7 Å². The quantitative estimate of drug-likeness (QED) is 0.751. The van der Waals surface area contributed by atoms with E-state index < -0.39 is 0 Å². The van der Waals surface area contributed by atoms with Gasteiger partial charge in [-0.15, -0.1) is 0 Å². The molecule has 2 aromatic rings. The molecule has 0 atom stereocenters. The highest BCUT2D eigenvalue weighted by Gasteiger charge is 2.11. The summed E-state index contributed by atoms with van der Waals surface area (Å²) in [4.78, 5) is 24.3. The number of hydrogen-bond donors (Lipinski definition) is 3. The van der Waals surface area contributed by atoms with Gasteiger partial charge in [-0.2, -0.15) is 0 Å². The van der Waals surface area contributed by atoms with Crippen LogP contribution in [0, 0.1) is 0 Å². The molecule has 25 heavy (non-hydrogen) atoms. The lowest BCUT2D eigenvalue weighted by Crippen LogP contribution is -2.34. The number of benzene rings is 2. The fraction of sp³-hybridized carbons (Fsp3) is 0.263. The molecular formula is C19H23N3O3. The van der Waals surface area contributed by atoms with E-state index in [0.29, 0.717) is 23.5 Å². The number of amides is 3. The van der Waals surface area contributed by atoms with Gasteiger partial charge >= 0.3 is 6.03 Å². The second-order valence-electron chi connectivity index (χ2n) is 5.88. The van der Waals surface area contributed by atoms with E-state index in [-0.39, 0.29) is 18.0 Å². The van der Waals surface area contributed by atoms with Crippen LogP contribution in [0.4, 0.5) is 16.2 Å². The Bertz CT molecular complexity index is 727. The second-order valence-corrected chi connectivity index (χ2v) is 5.88. The van der Waals surface area contributed by atoms with E-state index in [1.165, 1.54) is 0 Å². The molecule has 0 aliphatic rings. The summed E-state index contributed by atoms with van der Waals surface area (Å²) in [6.45, 7) is 4.25. The van der Waals surface area contributed by atoms with E-state index in [4.69, 9.17) is 4.74 Å². The molecule has 3 N–H and O–H groups in total. The van der Waals surface area contributed by atoms with Crippen molar-refractivity contribution in [3.8, 4) is 0 Å². The summed E-state index contributed by atoms with van der Waals surface area (Å²) in [6.07, 6.45) is 0. The van der Waals surface area contributed by atoms with Gasteiger partial charge in [0.2, 0.25) is 0 Å². The molecule has 0 saturated carbocycles. The van der Waals surface area contributed by atoms with E-state index in [1.807, 2.05) is 26.0 Å². The van der Waals surface area contributed by atoms with Gasteiger partial charge in [-0.05, 0) is 43.7 Å². The largest absolute Gasteiger partial charge is 0.380 e. The first-order chi connectivity index (χ1) is 12.0. The number of urea groups is 1. The van der Waals surface area contributed by atoms with Crippen LogP contribution in [-0.4, -0.2) is 25.1 Å². The van der Waals surface area contributed by atoms with Gasteiger partial charge in [-0.25, -0.2) is 4.79 Å². The lowest BCUT2D eigenvalue weighted by molar-refractivity contribution is 0.102. The van der Waals surface area contributed by atoms with Gasteiger partial charge in [-0.1, -0.05) is 24.3 Å². The highest BCUT2D eigenvalue weighted by Crippen LogP contribution is 2.21. The maximum absolute atomic E-state index is 12.4. The van der Waals surface area contributed by atoms with Crippen molar-refractivity contribution in [3.63, 3.8) is 0 Å².